The average Bonchev–Trinajstić information content (AvgIpc) is 2.88. The Morgan fingerprint density at radius 1 is 1.00 bits per heavy atom. The highest BCUT2D eigenvalue weighted by Gasteiger charge is 2.22. The van der Waals surface area contributed by atoms with E-state index >= 15 is 0 Å². The minimum Gasteiger partial charge on any atom is -0.326 e. The molecule has 0 unspecified atom stereocenters. The van der Waals surface area contributed by atoms with Crippen LogP contribution in [0.4, 0.5) is 11.6 Å². The standard InChI is InChI=1S/C27H27N5OS/c1-3-4-5-12-17-32-26(33)22-23(19-13-8-6-9-14-19)30-25(34-2)21(18-28)24(22)31-27(32)29-20-15-10-7-11-16-20/h6-11,13-16H,3-5,12,17H2,1-2H3,(H,29,31). The number of benzene rings is 2. The third-order valence-corrected chi connectivity index (χ3v) is 6.37. The number of hydrogen-bond acceptors (Lipinski definition) is 6. The third kappa shape index (κ3) is 4.82. The van der Waals surface area contributed by atoms with Crippen molar-refractivity contribution in [2.75, 3.05) is 11.6 Å². The first-order valence-corrected chi connectivity index (χ1v) is 12.7. The molecule has 0 bridgehead atoms. The number of fused-ring (bicyclic) bond motifs is 1. The van der Waals surface area contributed by atoms with Crippen molar-refractivity contribution in [2.24, 2.45) is 0 Å². The number of nitrogens with zero attached hydrogens (tertiary/aromatic N) is 4. The van der Waals surface area contributed by atoms with Crippen LogP contribution in [-0.4, -0.2) is 20.8 Å². The van der Waals surface area contributed by atoms with Gasteiger partial charge in [0.1, 0.15) is 22.2 Å². The molecule has 0 fully saturated rings. The van der Waals surface area contributed by atoms with Gasteiger partial charge in [0.2, 0.25) is 5.95 Å². The molecule has 172 valence electrons. The summed E-state index contributed by atoms with van der Waals surface area (Å²) in [6.07, 6.45) is 6.01. The van der Waals surface area contributed by atoms with Crippen LogP contribution in [0.15, 0.2) is 70.5 Å². The Hall–Kier alpha value is -3.63. The van der Waals surface area contributed by atoms with Crippen molar-refractivity contribution in [3.05, 3.63) is 76.6 Å². The topological polar surface area (TPSA) is 83.6 Å². The van der Waals surface area contributed by atoms with E-state index in [9.17, 15) is 10.1 Å². The van der Waals surface area contributed by atoms with E-state index in [1.54, 1.807) is 4.57 Å². The van der Waals surface area contributed by atoms with Gasteiger partial charge in [-0.05, 0) is 24.8 Å². The molecule has 34 heavy (non-hydrogen) atoms. The summed E-state index contributed by atoms with van der Waals surface area (Å²) in [5.74, 6) is 0.439. The highest BCUT2D eigenvalue weighted by molar-refractivity contribution is 7.98. The maximum Gasteiger partial charge on any atom is 0.265 e. The van der Waals surface area contributed by atoms with Crippen LogP contribution in [0.3, 0.4) is 0 Å². The van der Waals surface area contributed by atoms with E-state index in [1.807, 2.05) is 66.9 Å². The summed E-state index contributed by atoms with van der Waals surface area (Å²) >= 11 is 1.38. The van der Waals surface area contributed by atoms with Crippen LogP contribution in [0.2, 0.25) is 0 Å². The second-order valence-electron chi connectivity index (χ2n) is 7.99. The summed E-state index contributed by atoms with van der Waals surface area (Å²) in [4.78, 5) is 23.6. The first-order chi connectivity index (χ1) is 16.7. The summed E-state index contributed by atoms with van der Waals surface area (Å²) < 4.78 is 1.69. The summed E-state index contributed by atoms with van der Waals surface area (Å²) in [7, 11) is 0. The zero-order chi connectivity index (χ0) is 23.9. The quantitative estimate of drug-likeness (QED) is 0.226. The number of pyridine rings is 1. The number of hydrogen-bond donors (Lipinski definition) is 1. The molecule has 0 saturated carbocycles. The average molecular weight is 470 g/mol. The minimum absolute atomic E-state index is 0.185. The van der Waals surface area contributed by atoms with Crippen LogP contribution in [-0.2, 0) is 6.54 Å². The van der Waals surface area contributed by atoms with E-state index in [1.165, 1.54) is 11.8 Å². The second-order valence-corrected chi connectivity index (χ2v) is 8.78. The zero-order valence-electron chi connectivity index (χ0n) is 19.4. The van der Waals surface area contributed by atoms with Gasteiger partial charge in [-0.25, -0.2) is 9.97 Å². The summed E-state index contributed by atoms with van der Waals surface area (Å²) in [5.41, 5.74) is 2.74. The Labute approximate surface area is 203 Å². The first kappa shape index (κ1) is 23.5. The summed E-state index contributed by atoms with van der Waals surface area (Å²) in [6, 6.07) is 21.5. The van der Waals surface area contributed by atoms with Gasteiger partial charge in [0.25, 0.3) is 5.56 Å². The van der Waals surface area contributed by atoms with Crippen molar-refractivity contribution in [2.45, 2.75) is 44.2 Å². The van der Waals surface area contributed by atoms with Gasteiger partial charge >= 0.3 is 0 Å². The zero-order valence-corrected chi connectivity index (χ0v) is 20.2. The van der Waals surface area contributed by atoms with Gasteiger partial charge in [-0.3, -0.25) is 9.36 Å². The Balaban J connectivity index is 2.00. The van der Waals surface area contributed by atoms with E-state index in [2.05, 4.69) is 18.3 Å². The Kier molecular flexibility index (Phi) is 7.61. The van der Waals surface area contributed by atoms with Crippen molar-refractivity contribution in [3.8, 4) is 17.3 Å². The number of unbranched alkanes of at least 4 members (excludes halogenated alkanes) is 3. The van der Waals surface area contributed by atoms with Crippen molar-refractivity contribution in [1.29, 1.82) is 5.26 Å². The highest BCUT2D eigenvalue weighted by Crippen LogP contribution is 2.32. The summed E-state index contributed by atoms with van der Waals surface area (Å²) in [5, 5.41) is 14.2. The molecule has 7 heteroatoms. The lowest BCUT2D eigenvalue weighted by molar-refractivity contribution is 0.573. The summed E-state index contributed by atoms with van der Waals surface area (Å²) in [6.45, 7) is 2.70. The number of thioether (sulfide) groups is 1. The molecule has 4 aromatic rings. The van der Waals surface area contributed by atoms with Gasteiger partial charge in [0.05, 0.1) is 11.1 Å². The first-order valence-electron chi connectivity index (χ1n) is 11.5. The number of rotatable bonds is 9. The smallest absolute Gasteiger partial charge is 0.265 e. The lowest BCUT2D eigenvalue weighted by Gasteiger charge is -2.17. The van der Waals surface area contributed by atoms with Crippen LogP contribution >= 0.6 is 11.8 Å². The van der Waals surface area contributed by atoms with Gasteiger partial charge in [-0.15, -0.1) is 11.8 Å². The molecule has 0 aliphatic carbocycles. The molecular weight excluding hydrogens is 442 g/mol. The number of aromatic nitrogens is 3. The van der Waals surface area contributed by atoms with Crippen LogP contribution in [0.5, 0.6) is 0 Å². The predicted octanol–water partition coefficient (Wildman–Crippen LogP) is 6.38. The van der Waals surface area contributed by atoms with E-state index in [0.717, 1.165) is 36.9 Å². The molecule has 0 radical (unpaired) electrons. The molecule has 2 aromatic carbocycles. The van der Waals surface area contributed by atoms with Crippen molar-refractivity contribution in [1.82, 2.24) is 14.5 Å². The molecule has 0 aliphatic rings. The van der Waals surface area contributed by atoms with Gasteiger partial charge < -0.3 is 5.32 Å². The SMILES string of the molecule is CCCCCCn1c(Nc2ccccc2)nc2c(C#N)c(SC)nc(-c3ccccc3)c2c1=O. The molecule has 4 rings (SSSR count). The molecule has 0 amide bonds. The molecule has 2 heterocycles. The maximum atomic E-state index is 14.0. The number of nitrogens with one attached hydrogen (secondary N) is 1. The van der Waals surface area contributed by atoms with Crippen LogP contribution in [0, 0.1) is 11.3 Å². The normalized spacial score (nSPS) is 10.9. The number of anilines is 2. The molecule has 6 nitrogen and oxygen atoms in total. The number of nitriles is 1. The predicted molar refractivity (Wildman–Crippen MR) is 140 cm³/mol. The largest absolute Gasteiger partial charge is 0.326 e. The fourth-order valence-corrected chi connectivity index (χ4v) is 4.50. The Bertz CT molecular complexity index is 1380. The Morgan fingerprint density at radius 3 is 2.35 bits per heavy atom. The van der Waals surface area contributed by atoms with Gasteiger partial charge in [0, 0.05) is 17.8 Å². The molecule has 0 saturated heterocycles. The van der Waals surface area contributed by atoms with Gasteiger partial charge in [-0.1, -0.05) is 74.7 Å². The third-order valence-electron chi connectivity index (χ3n) is 5.69. The monoisotopic (exact) mass is 469 g/mol. The second kappa shape index (κ2) is 11.0. The van der Waals surface area contributed by atoms with E-state index in [4.69, 9.17) is 9.97 Å². The van der Waals surface area contributed by atoms with E-state index in [0.29, 0.717) is 39.7 Å². The lowest BCUT2D eigenvalue weighted by Crippen LogP contribution is -2.25. The van der Waals surface area contributed by atoms with E-state index < -0.39 is 0 Å². The van der Waals surface area contributed by atoms with Gasteiger partial charge in [0.15, 0.2) is 0 Å². The highest BCUT2D eigenvalue weighted by atomic mass is 32.2. The van der Waals surface area contributed by atoms with Crippen molar-refractivity contribution in [3.63, 3.8) is 0 Å². The molecule has 0 spiro atoms. The molecular formula is C27H27N5OS. The van der Waals surface area contributed by atoms with Crippen LogP contribution in [0.1, 0.15) is 38.2 Å². The van der Waals surface area contributed by atoms with Crippen LogP contribution in [0.25, 0.3) is 22.2 Å². The molecule has 2 aromatic heterocycles. The Morgan fingerprint density at radius 2 is 1.71 bits per heavy atom. The molecule has 1 N–H and O–H groups in total. The molecule has 0 atom stereocenters. The fourth-order valence-electron chi connectivity index (χ4n) is 3.97. The molecule has 0 aliphatic heterocycles. The maximum absolute atomic E-state index is 14.0. The fraction of sp³-hybridized carbons (Fsp3) is 0.259. The van der Waals surface area contributed by atoms with Crippen LogP contribution < -0.4 is 10.9 Å². The van der Waals surface area contributed by atoms with Crippen molar-refractivity contribution >= 4 is 34.3 Å². The van der Waals surface area contributed by atoms with Crippen molar-refractivity contribution < 1.29 is 0 Å². The van der Waals surface area contributed by atoms with Gasteiger partial charge in [-0.2, -0.15) is 5.26 Å². The lowest BCUT2D eigenvalue weighted by atomic mass is 10.1. The van der Waals surface area contributed by atoms with E-state index in [-0.39, 0.29) is 5.56 Å². The minimum atomic E-state index is -0.185. The number of para-hydroxylation sites is 1.